The molecule has 112 valence electrons. The number of aromatic nitrogens is 2. The molecule has 0 spiro atoms. The van der Waals surface area contributed by atoms with Crippen LogP contribution in [0.3, 0.4) is 0 Å². The van der Waals surface area contributed by atoms with E-state index >= 15 is 0 Å². The smallest absolute Gasteiger partial charge is 0.225 e. The summed E-state index contributed by atoms with van der Waals surface area (Å²) >= 11 is 0. The van der Waals surface area contributed by atoms with Crippen LogP contribution in [0.4, 0.5) is 5.95 Å². The van der Waals surface area contributed by atoms with Crippen molar-refractivity contribution in [1.29, 1.82) is 0 Å². The predicted molar refractivity (Wildman–Crippen MR) is 75.8 cm³/mol. The number of methoxy groups -OCH3 is 1. The molecule has 0 aliphatic carbocycles. The molecule has 2 N–H and O–H groups in total. The lowest BCUT2D eigenvalue weighted by molar-refractivity contribution is -0.0373. The van der Waals surface area contributed by atoms with Gasteiger partial charge in [0.1, 0.15) is 0 Å². The Morgan fingerprint density at radius 3 is 2.65 bits per heavy atom. The van der Waals surface area contributed by atoms with Crippen LogP contribution in [-0.4, -0.2) is 53.1 Å². The van der Waals surface area contributed by atoms with E-state index in [0.717, 1.165) is 25.8 Å². The minimum absolute atomic E-state index is 0.0271. The Labute approximate surface area is 119 Å². The van der Waals surface area contributed by atoms with Crippen molar-refractivity contribution in [3.8, 4) is 5.75 Å². The number of piperidine rings is 1. The number of rotatable bonds is 5. The highest BCUT2D eigenvalue weighted by Crippen LogP contribution is 2.36. The second kappa shape index (κ2) is 6.37. The number of nitrogens with zero attached hydrogens (tertiary/aromatic N) is 3. The fourth-order valence-corrected chi connectivity index (χ4v) is 2.83. The molecule has 1 aromatic rings. The van der Waals surface area contributed by atoms with Gasteiger partial charge >= 0.3 is 0 Å². The second-order valence-electron chi connectivity index (χ2n) is 5.41. The molecule has 1 fully saturated rings. The minimum Gasteiger partial charge on any atom is -0.494 e. The van der Waals surface area contributed by atoms with Crippen molar-refractivity contribution in [2.75, 3.05) is 31.7 Å². The highest BCUT2D eigenvalue weighted by atomic mass is 16.5. The van der Waals surface area contributed by atoms with Crippen LogP contribution >= 0.6 is 0 Å². The van der Waals surface area contributed by atoms with Crippen LogP contribution in [-0.2, 0) is 0 Å². The average Bonchev–Trinajstić information content (AvgIpc) is 2.49. The Morgan fingerprint density at radius 1 is 1.45 bits per heavy atom. The monoisotopic (exact) mass is 281 g/mol. The van der Waals surface area contributed by atoms with Gasteiger partial charge in [-0.15, -0.1) is 0 Å². The zero-order valence-electron chi connectivity index (χ0n) is 12.1. The summed E-state index contributed by atoms with van der Waals surface area (Å²) in [5, 5.41) is 20.0. The van der Waals surface area contributed by atoms with Crippen molar-refractivity contribution >= 4 is 5.95 Å². The minimum atomic E-state index is -0.563. The van der Waals surface area contributed by atoms with Crippen LogP contribution in [0.2, 0.25) is 0 Å². The van der Waals surface area contributed by atoms with Gasteiger partial charge in [0.15, 0.2) is 5.75 Å². The number of aliphatic hydroxyl groups excluding tert-OH is 2. The van der Waals surface area contributed by atoms with E-state index in [1.807, 2.05) is 4.90 Å². The van der Waals surface area contributed by atoms with Gasteiger partial charge in [-0.1, -0.05) is 13.3 Å². The van der Waals surface area contributed by atoms with E-state index in [9.17, 15) is 10.2 Å². The third-order valence-corrected chi connectivity index (χ3v) is 4.18. The van der Waals surface area contributed by atoms with Gasteiger partial charge in [0.25, 0.3) is 0 Å². The van der Waals surface area contributed by atoms with Gasteiger partial charge in [-0.3, -0.25) is 0 Å². The molecule has 0 saturated carbocycles. The van der Waals surface area contributed by atoms with E-state index in [1.165, 1.54) is 0 Å². The van der Waals surface area contributed by atoms with Crippen LogP contribution in [0.5, 0.6) is 5.75 Å². The third-order valence-electron chi connectivity index (χ3n) is 4.18. The molecule has 0 aromatic carbocycles. The standard InChI is InChI=1S/C14H23N3O3/c1-3-4-14(10-18)5-6-17(9-12(14)19)13-15-7-11(20-2)8-16-13/h7-8,12,18-19H,3-6,9-10H2,1-2H3/t12-,14-/m1/s1. The molecular weight excluding hydrogens is 258 g/mol. The normalized spacial score (nSPS) is 26.6. The molecule has 2 atom stereocenters. The Morgan fingerprint density at radius 2 is 2.15 bits per heavy atom. The molecule has 6 heteroatoms. The number of β-amino-alcohol motifs (C(OH)–C–C–N with tert-alkyl or cyclic N) is 1. The van der Waals surface area contributed by atoms with Gasteiger partial charge in [0.2, 0.25) is 5.95 Å². The molecule has 0 bridgehead atoms. The number of ether oxygens (including phenoxy) is 1. The van der Waals surface area contributed by atoms with E-state index < -0.39 is 6.10 Å². The maximum atomic E-state index is 10.4. The van der Waals surface area contributed by atoms with Crippen molar-refractivity contribution in [2.45, 2.75) is 32.3 Å². The molecule has 2 heterocycles. The molecule has 20 heavy (non-hydrogen) atoms. The van der Waals surface area contributed by atoms with E-state index in [1.54, 1.807) is 19.5 Å². The summed E-state index contributed by atoms with van der Waals surface area (Å²) < 4.78 is 5.03. The molecule has 0 radical (unpaired) electrons. The molecule has 2 rings (SSSR count). The van der Waals surface area contributed by atoms with Gasteiger partial charge in [-0.25, -0.2) is 9.97 Å². The van der Waals surface area contributed by atoms with E-state index in [2.05, 4.69) is 16.9 Å². The topological polar surface area (TPSA) is 78.7 Å². The van der Waals surface area contributed by atoms with Crippen LogP contribution in [0.1, 0.15) is 26.2 Å². The van der Waals surface area contributed by atoms with Crippen molar-refractivity contribution in [3.63, 3.8) is 0 Å². The SMILES string of the molecule is CCC[C@]1(CO)CCN(c2ncc(OC)cn2)C[C@H]1O. The van der Waals surface area contributed by atoms with Crippen LogP contribution in [0.15, 0.2) is 12.4 Å². The van der Waals surface area contributed by atoms with E-state index in [0.29, 0.717) is 18.2 Å². The highest BCUT2D eigenvalue weighted by Gasteiger charge is 2.41. The Kier molecular flexibility index (Phi) is 4.77. The summed E-state index contributed by atoms with van der Waals surface area (Å²) in [6.07, 6.45) is 5.21. The Balaban J connectivity index is 2.07. The summed E-state index contributed by atoms with van der Waals surface area (Å²) in [6, 6.07) is 0. The van der Waals surface area contributed by atoms with E-state index in [4.69, 9.17) is 4.74 Å². The first-order valence-corrected chi connectivity index (χ1v) is 7.05. The largest absolute Gasteiger partial charge is 0.494 e. The number of hydrogen-bond donors (Lipinski definition) is 2. The number of anilines is 1. The fourth-order valence-electron chi connectivity index (χ4n) is 2.83. The lowest BCUT2D eigenvalue weighted by atomic mass is 9.73. The lowest BCUT2D eigenvalue weighted by Gasteiger charge is -2.44. The quantitative estimate of drug-likeness (QED) is 0.832. The van der Waals surface area contributed by atoms with Crippen molar-refractivity contribution in [3.05, 3.63) is 12.4 Å². The number of aliphatic hydroxyl groups is 2. The second-order valence-corrected chi connectivity index (χ2v) is 5.41. The van der Waals surface area contributed by atoms with E-state index in [-0.39, 0.29) is 12.0 Å². The van der Waals surface area contributed by atoms with Gasteiger partial charge in [0.05, 0.1) is 32.2 Å². The van der Waals surface area contributed by atoms with Crippen LogP contribution < -0.4 is 9.64 Å². The maximum absolute atomic E-state index is 10.4. The van der Waals surface area contributed by atoms with Crippen LogP contribution in [0.25, 0.3) is 0 Å². The summed E-state index contributed by atoms with van der Waals surface area (Å²) in [5.41, 5.74) is -0.377. The molecule has 0 amide bonds. The molecule has 1 aliphatic heterocycles. The first-order chi connectivity index (χ1) is 9.65. The molecule has 1 aromatic heterocycles. The Bertz CT molecular complexity index is 426. The highest BCUT2D eigenvalue weighted by molar-refractivity contribution is 5.33. The molecule has 1 saturated heterocycles. The molecule has 1 aliphatic rings. The van der Waals surface area contributed by atoms with Gasteiger partial charge < -0.3 is 19.8 Å². The van der Waals surface area contributed by atoms with Crippen molar-refractivity contribution in [2.24, 2.45) is 5.41 Å². The Hall–Kier alpha value is -1.40. The number of hydrogen-bond acceptors (Lipinski definition) is 6. The molecule has 6 nitrogen and oxygen atoms in total. The fraction of sp³-hybridized carbons (Fsp3) is 0.714. The van der Waals surface area contributed by atoms with Crippen molar-refractivity contribution < 1.29 is 14.9 Å². The predicted octanol–water partition coefficient (Wildman–Crippen LogP) is 0.835. The van der Waals surface area contributed by atoms with Crippen molar-refractivity contribution in [1.82, 2.24) is 9.97 Å². The summed E-state index contributed by atoms with van der Waals surface area (Å²) in [7, 11) is 1.57. The molecular formula is C14H23N3O3. The summed E-state index contributed by atoms with van der Waals surface area (Å²) in [4.78, 5) is 10.4. The van der Waals surface area contributed by atoms with Crippen LogP contribution in [0, 0.1) is 5.41 Å². The van der Waals surface area contributed by atoms with Gasteiger partial charge in [-0.2, -0.15) is 0 Å². The first kappa shape index (κ1) is 15.0. The zero-order chi connectivity index (χ0) is 14.6. The lowest BCUT2D eigenvalue weighted by Crippen LogP contribution is -2.53. The summed E-state index contributed by atoms with van der Waals surface area (Å²) in [6.45, 7) is 3.29. The third kappa shape index (κ3) is 2.86. The van der Waals surface area contributed by atoms with Gasteiger partial charge in [-0.05, 0) is 12.8 Å². The molecule has 0 unspecified atom stereocenters. The average molecular weight is 281 g/mol. The zero-order valence-corrected chi connectivity index (χ0v) is 12.1. The summed E-state index contributed by atoms with van der Waals surface area (Å²) in [5.74, 6) is 1.20. The van der Waals surface area contributed by atoms with Gasteiger partial charge in [0, 0.05) is 18.5 Å². The maximum Gasteiger partial charge on any atom is 0.225 e. The first-order valence-electron chi connectivity index (χ1n) is 7.05.